The molecular weight excluding hydrogens is 511 g/mol. The molecule has 202 valence electrons. The quantitative estimate of drug-likeness (QED) is 0.360. The summed E-state index contributed by atoms with van der Waals surface area (Å²) in [4.78, 5) is 28.1. The van der Waals surface area contributed by atoms with Crippen LogP contribution in [0, 0.1) is 6.92 Å². The van der Waals surface area contributed by atoms with E-state index >= 15 is 0 Å². The monoisotopic (exact) mass is 537 g/mol. The van der Waals surface area contributed by atoms with Crippen LogP contribution in [0.5, 0.6) is 5.75 Å². The van der Waals surface area contributed by atoms with Crippen LogP contribution < -0.4 is 9.64 Å². The summed E-state index contributed by atoms with van der Waals surface area (Å²) in [6, 6.07) is 14.0. The topological polar surface area (TPSA) is 92.6 Å². The van der Waals surface area contributed by atoms with Crippen molar-refractivity contribution in [3.05, 3.63) is 94.4 Å². The summed E-state index contributed by atoms with van der Waals surface area (Å²) in [5.41, 5.74) is 2.09. The minimum atomic E-state index is -4.88. The molecule has 2 aromatic carbocycles. The van der Waals surface area contributed by atoms with Gasteiger partial charge >= 0.3 is 6.36 Å². The van der Waals surface area contributed by atoms with E-state index in [2.05, 4.69) is 14.9 Å². The lowest BCUT2D eigenvalue weighted by Gasteiger charge is -2.26. The van der Waals surface area contributed by atoms with E-state index in [1.807, 2.05) is 12.1 Å². The Labute approximate surface area is 222 Å². The lowest BCUT2D eigenvalue weighted by molar-refractivity contribution is -0.274. The van der Waals surface area contributed by atoms with Crippen LogP contribution in [0.2, 0.25) is 0 Å². The number of aromatic nitrogens is 2. The lowest BCUT2D eigenvalue weighted by atomic mass is 9.83. The van der Waals surface area contributed by atoms with E-state index in [0.717, 1.165) is 35.4 Å². The van der Waals surface area contributed by atoms with Crippen molar-refractivity contribution in [3.63, 3.8) is 0 Å². The molecule has 1 saturated carbocycles. The fraction of sp³-hybridized carbons (Fsp3) is 0.310. The molecule has 0 spiro atoms. The highest BCUT2D eigenvalue weighted by molar-refractivity contribution is 6.20. The highest BCUT2D eigenvalue weighted by atomic mass is 19.4. The summed E-state index contributed by atoms with van der Waals surface area (Å²) >= 11 is 0. The molecule has 0 bridgehead atoms. The van der Waals surface area contributed by atoms with Gasteiger partial charge in [-0.15, -0.1) is 18.3 Å². The first-order valence-corrected chi connectivity index (χ1v) is 12.7. The molecule has 1 N–H and O–H groups in total. The van der Waals surface area contributed by atoms with Gasteiger partial charge in [-0.2, -0.15) is 5.10 Å². The van der Waals surface area contributed by atoms with Gasteiger partial charge in [-0.05, 0) is 61.1 Å². The predicted octanol–water partition coefficient (Wildman–Crippen LogP) is 6.51. The molecule has 0 saturated heterocycles. The normalized spacial score (nSPS) is 18.5. The summed E-state index contributed by atoms with van der Waals surface area (Å²) in [7, 11) is 0. The second-order valence-electron chi connectivity index (χ2n) is 9.78. The van der Waals surface area contributed by atoms with Gasteiger partial charge in [-0.1, -0.05) is 55.7 Å². The maximum Gasteiger partial charge on any atom is 0.573 e. The number of aryl methyl sites for hydroxylation is 1. The third kappa shape index (κ3) is 5.50. The number of benzene rings is 2. The molecule has 2 aliphatic rings. The lowest BCUT2D eigenvalue weighted by Crippen LogP contribution is -2.32. The van der Waals surface area contributed by atoms with Crippen molar-refractivity contribution in [2.24, 2.45) is 0 Å². The van der Waals surface area contributed by atoms with Crippen LogP contribution in [-0.2, 0) is 4.79 Å². The molecule has 1 fully saturated rings. The number of carbonyl (C=O) groups excluding carboxylic acids is 2. The van der Waals surface area contributed by atoms with Crippen molar-refractivity contribution in [2.45, 2.75) is 57.3 Å². The number of hydrogen-bond donors (Lipinski definition) is 1. The van der Waals surface area contributed by atoms with Gasteiger partial charge in [0, 0.05) is 5.56 Å². The van der Waals surface area contributed by atoms with Crippen molar-refractivity contribution >= 4 is 17.5 Å². The van der Waals surface area contributed by atoms with Crippen molar-refractivity contribution < 1.29 is 32.6 Å². The molecule has 2 heterocycles. The minimum absolute atomic E-state index is 0.0771. The van der Waals surface area contributed by atoms with Gasteiger partial charge in [0.1, 0.15) is 5.75 Å². The Kier molecular flexibility index (Phi) is 7.12. The van der Waals surface area contributed by atoms with Crippen LogP contribution in [0.1, 0.15) is 71.2 Å². The molecule has 5 rings (SSSR count). The number of halogens is 3. The van der Waals surface area contributed by atoms with E-state index in [0.29, 0.717) is 11.6 Å². The molecule has 39 heavy (non-hydrogen) atoms. The minimum Gasteiger partial charge on any atom is -0.503 e. The number of ether oxygens (including phenoxy) is 1. The van der Waals surface area contributed by atoms with Crippen LogP contribution in [0.3, 0.4) is 0 Å². The number of alkyl halides is 3. The molecule has 0 radical (unpaired) electrons. The average Bonchev–Trinajstić information content (AvgIpc) is 3.19. The third-order valence-corrected chi connectivity index (χ3v) is 7.16. The fourth-order valence-electron chi connectivity index (χ4n) is 5.26. The largest absolute Gasteiger partial charge is 0.573 e. The van der Waals surface area contributed by atoms with Crippen molar-refractivity contribution in [2.75, 3.05) is 4.90 Å². The number of nitrogens with zero attached hydrogens (tertiary/aromatic N) is 3. The molecule has 1 amide bonds. The number of hydrogen-bond acceptors (Lipinski definition) is 6. The number of aliphatic hydroxyl groups is 1. The number of rotatable bonds is 6. The third-order valence-electron chi connectivity index (χ3n) is 7.16. The van der Waals surface area contributed by atoms with E-state index < -0.39 is 35.6 Å². The zero-order valence-corrected chi connectivity index (χ0v) is 21.1. The molecule has 1 aliphatic carbocycles. The zero-order valence-electron chi connectivity index (χ0n) is 21.1. The number of anilines is 1. The Morgan fingerprint density at radius 2 is 1.56 bits per heavy atom. The second kappa shape index (κ2) is 10.5. The van der Waals surface area contributed by atoms with Gasteiger partial charge in [0.05, 0.1) is 17.3 Å². The standard InChI is InChI=1S/C29H26F3N3O4/c1-17-7-16-23(34-33-17)35-25(20-12-14-22(15-13-20)39-29(30,31)32)24(27(37)28(35)38)26(36)21-10-8-19(9-11-21)18-5-3-2-4-6-18/h7-16,18,25,37H,2-6H2,1H3. The van der Waals surface area contributed by atoms with Gasteiger partial charge in [-0.25, -0.2) is 0 Å². The van der Waals surface area contributed by atoms with E-state index in [9.17, 15) is 27.9 Å². The molecule has 1 aliphatic heterocycles. The smallest absolute Gasteiger partial charge is 0.503 e. The van der Waals surface area contributed by atoms with Crippen LogP contribution >= 0.6 is 0 Å². The molecule has 1 aromatic heterocycles. The van der Waals surface area contributed by atoms with E-state index in [1.54, 1.807) is 25.1 Å². The first kappa shape index (κ1) is 26.4. The Bertz CT molecular complexity index is 1400. The molecule has 3 aromatic rings. The van der Waals surface area contributed by atoms with Crippen LogP contribution in [-0.4, -0.2) is 33.4 Å². The highest BCUT2D eigenvalue weighted by Gasteiger charge is 2.45. The Morgan fingerprint density at radius 3 is 2.15 bits per heavy atom. The maximum absolute atomic E-state index is 13.8. The second-order valence-corrected chi connectivity index (χ2v) is 9.78. The predicted molar refractivity (Wildman–Crippen MR) is 136 cm³/mol. The number of ketones is 1. The van der Waals surface area contributed by atoms with Gasteiger partial charge in [0.2, 0.25) is 0 Å². The molecule has 1 atom stereocenters. The summed E-state index contributed by atoms with van der Waals surface area (Å²) in [6.07, 6.45) is 0.867. The van der Waals surface area contributed by atoms with E-state index in [1.165, 1.54) is 37.5 Å². The summed E-state index contributed by atoms with van der Waals surface area (Å²) in [5.74, 6) is -2.14. The fourth-order valence-corrected chi connectivity index (χ4v) is 5.26. The Balaban J connectivity index is 1.52. The van der Waals surface area contributed by atoms with Gasteiger partial charge in [0.25, 0.3) is 5.91 Å². The number of amides is 1. The SMILES string of the molecule is Cc1ccc(N2C(=O)C(O)=C(C(=O)c3ccc(C4CCCCC4)cc3)C2c2ccc(OC(F)(F)F)cc2)nn1. The number of Topliss-reactive ketones (excluding diaryl/α,β-unsaturated/α-hetero) is 1. The Morgan fingerprint density at radius 1 is 0.923 bits per heavy atom. The van der Waals surface area contributed by atoms with Crippen LogP contribution in [0.25, 0.3) is 0 Å². The van der Waals surface area contributed by atoms with E-state index in [-0.39, 0.29) is 22.5 Å². The van der Waals surface area contributed by atoms with Crippen LogP contribution in [0.15, 0.2) is 72.0 Å². The number of carbonyl (C=O) groups is 2. The zero-order chi connectivity index (χ0) is 27.7. The Hall–Kier alpha value is -4.21. The van der Waals surface area contributed by atoms with Crippen LogP contribution in [0.4, 0.5) is 19.0 Å². The first-order valence-electron chi connectivity index (χ1n) is 12.7. The van der Waals surface area contributed by atoms with Crippen molar-refractivity contribution in [1.29, 1.82) is 0 Å². The van der Waals surface area contributed by atoms with Gasteiger partial charge < -0.3 is 9.84 Å². The average molecular weight is 538 g/mol. The summed E-state index contributed by atoms with van der Waals surface area (Å²) < 4.78 is 42.0. The first-order chi connectivity index (χ1) is 18.6. The molecule has 10 heteroatoms. The van der Waals surface area contributed by atoms with Crippen molar-refractivity contribution in [3.8, 4) is 5.75 Å². The van der Waals surface area contributed by atoms with Crippen molar-refractivity contribution in [1.82, 2.24) is 10.2 Å². The molecule has 7 nitrogen and oxygen atoms in total. The highest BCUT2D eigenvalue weighted by Crippen LogP contribution is 2.42. The van der Waals surface area contributed by atoms with Gasteiger partial charge in [-0.3, -0.25) is 14.5 Å². The summed E-state index contributed by atoms with van der Waals surface area (Å²) in [5, 5.41) is 18.9. The maximum atomic E-state index is 13.8. The van der Waals surface area contributed by atoms with Gasteiger partial charge in [0.15, 0.2) is 17.4 Å². The van der Waals surface area contributed by atoms with E-state index in [4.69, 9.17) is 0 Å². The summed E-state index contributed by atoms with van der Waals surface area (Å²) in [6.45, 7) is 1.71. The molecular formula is C29H26F3N3O4. The number of aliphatic hydroxyl groups excluding tert-OH is 1. The molecule has 1 unspecified atom stereocenters.